The van der Waals surface area contributed by atoms with Crippen molar-refractivity contribution in [3.63, 3.8) is 0 Å². The minimum atomic E-state index is -0.720. The van der Waals surface area contributed by atoms with E-state index in [2.05, 4.69) is 4.74 Å². The second kappa shape index (κ2) is 4.09. The van der Waals surface area contributed by atoms with E-state index in [9.17, 15) is 9.18 Å². The quantitative estimate of drug-likeness (QED) is 0.581. The molecule has 0 radical (unpaired) electrons. The molecule has 0 bridgehead atoms. The number of ether oxygens (including phenoxy) is 1. The van der Waals surface area contributed by atoms with Crippen LogP contribution >= 0.6 is 0 Å². The van der Waals surface area contributed by atoms with Gasteiger partial charge >= 0.3 is 5.97 Å². The number of hydrogen-bond acceptors (Lipinski definition) is 3. The Morgan fingerprint density at radius 3 is 2.71 bits per heavy atom. The van der Waals surface area contributed by atoms with E-state index in [1.165, 1.54) is 12.1 Å². The first-order chi connectivity index (χ1) is 6.56. The number of rotatable bonds is 2. The Hall–Kier alpha value is -1.58. The van der Waals surface area contributed by atoms with Crippen LogP contribution in [0.4, 0.5) is 10.1 Å². The zero-order valence-corrected chi connectivity index (χ0v) is 8.13. The molecule has 14 heavy (non-hydrogen) atoms. The van der Waals surface area contributed by atoms with Crippen LogP contribution in [0.15, 0.2) is 12.1 Å². The highest BCUT2D eigenvalue weighted by molar-refractivity contribution is 5.95. The SMILES string of the molecule is CCOC(=O)c1c(N)cc(C)cc1F. The number of halogens is 1. The van der Waals surface area contributed by atoms with Crippen LogP contribution in [0.2, 0.25) is 0 Å². The smallest absolute Gasteiger partial charge is 0.343 e. The van der Waals surface area contributed by atoms with E-state index in [0.29, 0.717) is 5.56 Å². The predicted molar refractivity (Wildman–Crippen MR) is 51.5 cm³/mol. The lowest BCUT2D eigenvalue weighted by atomic mass is 10.1. The molecule has 0 atom stereocenters. The van der Waals surface area contributed by atoms with E-state index in [0.717, 1.165) is 0 Å². The average Bonchev–Trinajstić information content (AvgIpc) is 2.01. The van der Waals surface area contributed by atoms with Crippen LogP contribution in [0.1, 0.15) is 22.8 Å². The van der Waals surface area contributed by atoms with Crippen molar-refractivity contribution in [1.29, 1.82) is 0 Å². The molecule has 0 aliphatic heterocycles. The first-order valence-corrected chi connectivity index (χ1v) is 4.29. The summed E-state index contributed by atoms with van der Waals surface area (Å²) in [6.45, 7) is 3.56. The van der Waals surface area contributed by atoms with Crippen LogP contribution in [-0.4, -0.2) is 12.6 Å². The normalized spacial score (nSPS) is 9.93. The Bertz CT molecular complexity index is 340. The van der Waals surface area contributed by atoms with Gasteiger partial charge in [0.05, 0.1) is 6.61 Å². The summed E-state index contributed by atoms with van der Waals surface area (Å²) >= 11 is 0. The Kier molecular flexibility index (Phi) is 3.06. The van der Waals surface area contributed by atoms with Gasteiger partial charge in [-0.1, -0.05) is 0 Å². The summed E-state index contributed by atoms with van der Waals surface area (Å²) < 4.78 is 18.0. The number of nitrogens with two attached hydrogens (primary N) is 1. The molecule has 3 nitrogen and oxygen atoms in total. The molecule has 0 heterocycles. The lowest BCUT2D eigenvalue weighted by Gasteiger charge is -2.07. The van der Waals surface area contributed by atoms with Crippen molar-refractivity contribution in [3.05, 3.63) is 29.1 Å². The third kappa shape index (κ3) is 2.02. The summed E-state index contributed by atoms with van der Waals surface area (Å²) in [6, 6.07) is 2.79. The predicted octanol–water partition coefficient (Wildman–Crippen LogP) is 1.89. The van der Waals surface area contributed by atoms with E-state index in [4.69, 9.17) is 5.73 Å². The largest absolute Gasteiger partial charge is 0.462 e. The van der Waals surface area contributed by atoms with Gasteiger partial charge in [0.25, 0.3) is 0 Å². The molecule has 0 spiro atoms. The second-order valence-corrected chi connectivity index (χ2v) is 2.93. The fourth-order valence-corrected chi connectivity index (χ4v) is 1.19. The number of hydrogen-bond donors (Lipinski definition) is 1. The fourth-order valence-electron chi connectivity index (χ4n) is 1.19. The van der Waals surface area contributed by atoms with Gasteiger partial charge in [-0.15, -0.1) is 0 Å². The third-order valence-corrected chi connectivity index (χ3v) is 1.74. The summed E-state index contributed by atoms with van der Waals surface area (Å²) in [5.41, 5.74) is 6.12. The number of carbonyl (C=O) groups is 1. The molecule has 0 saturated carbocycles. The van der Waals surface area contributed by atoms with Crippen molar-refractivity contribution in [1.82, 2.24) is 0 Å². The van der Waals surface area contributed by atoms with Crippen molar-refractivity contribution < 1.29 is 13.9 Å². The minimum Gasteiger partial charge on any atom is -0.462 e. The van der Waals surface area contributed by atoms with E-state index >= 15 is 0 Å². The molecule has 1 aromatic rings. The number of nitrogen functional groups attached to an aromatic ring is 1. The van der Waals surface area contributed by atoms with Crippen LogP contribution in [0, 0.1) is 12.7 Å². The molecule has 0 saturated heterocycles. The number of esters is 1. The van der Waals surface area contributed by atoms with E-state index < -0.39 is 11.8 Å². The Balaban J connectivity index is 3.14. The summed E-state index contributed by atoms with van der Waals surface area (Å²) in [5.74, 6) is -1.36. The molecule has 76 valence electrons. The maximum Gasteiger partial charge on any atom is 0.343 e. The molecule has 2 N–H and O–H groups in total. The van der Waals surface area contributed by atoms with Gasteiger partial charge in [0.15, 0.2) is 0 Å². The van der Waals surface area contributed by atoms with Crippen molar-refractivity contribution in [3.8, 4) is 0 Å². The van der Waals surface area contributed by atoms with Crippen LogP contribution in [0.5, 0.6) is 0 Å². The van der Waals surface area contributed by atoms with Crippen LogP contribution < -0.4 is 5.73 Å². The number of anilines is 1. The van der Waals surface area contributed by atoms with Gasteiger partial charge in [-0.05, 0) is 31.5 Å². The summed E-state index contributed by atoms with van der Waals surface area (Å²) in [5, 5.41) is 0. The standard InChI is InChI=1S/C10H12FNO2/c1-3-14-10(13)9-7(11)4-6(2)5-8(9)12/h4-5H,3,12H2,1-2H3. The molecule has 0 aromatic heterocycles. The molecule has 1 rings (SSSR count). The average molecular weight is 197 g/mol. The second-order valence-electron chi connectivity index (χ2n) is 2.93. The van der Waals surface area contributed by atoms with Crippen molar-refractivity contribution in [2.45, 2.75) is 13.8 Å². The van der Waals surface area contributed by atoms with Crippen LogP contribution in [0.3, 0.4) is 0 Å². The molecular weight excluding hydrogens is 185 g/mol. The number of carbonyl (C=O) groups excluding carboxylic acids is 1. The third-order valence-electron chi connectivity index (χ3n) is 1.74. The van der Waals surface area contributed by atoms with Gasteiger partial charge in [-0.2, -0.15) is 0 Å². The minimum absolute atomic E-state index is 0.112. The molecule has 0 fully saturated rings. The molecule has 0 aliphatic rings. The van der Waals surface area contributed by atoms with Gasteiger partial charge in [0.2, 0.25) is 0 Å². The molecule has 0 unspecified atom stereocenters. The maximum atomic E-state index is 13.3. The van der Waals surface area contributed by atoms with Gasteiger partial charge in [-0.3, -0.25) is 0 Å². The topological polar surface area (TPSA) is 52.3 Å². The summed E-state index contributed by atoms with van der Waals surface area (Å²) in [6.07, 6.45) is 0. The molecule has 0 amide bonds. The van der Waals surface area contributed by atoms with E-state index in [-0.39, 0.29) is 17.9 Å². The van der Waals surface area contributed by atoms with Crippen molar-refractivity contribution in [2.75, 3.05) is 12.3 Å². The molecular formula is C10H12FNO2. The molecule has 4 heteroatoms. The Morgan fingerprint density at radius 1 is 1.57 bits per heavy atom. The lowest BCUT2D eigenvalue weighted by Crippen LogP contribution is -2.10. The molecule has 1 aromatic carbocycles. The molecule has 0 aliphatic carbocycles. The monoisotopic (exact) mass is 197 g/mol. The van der Waals surface area contributed by atoms with Crippen LogP contribution in [-0.2, 0) is 4.74 Å². The number of aryl methyl sites for hydroxylation is 1. The first-order valence-electron chi connectivity index (χ1n) is 4.29. The van der Waals surface area contributed by atoms with Crippen LogP contribution in [0.25, 0.3) is 0 Å². The highest BCUT2D eigenvalue weighted by Gasteiger charge is 2.16. The highest BCUT2D eigenvalue weighted by atomic mass is 19.1. The van der Waals surface area contributed by atoms with Gasteiger partial charge in [0.1, 0.15) is 11.4 Å². The lowest BCUT2D eigenvalue weighted by molar-refractivity contribution is 0.0522. The number of benzene rings is 1. The zero-order valence-electron chi connectivity index (χ0n) is 8.13. The zero-order chi connectivity index (χ0) is 10.7. The van der Waals surface area contributed by atoms with Crippen molar-refractivity contribution in [2.24, 2.45) is 0 Å². The van der Waals surface area contributed by atoms with Gasteiger partial charge in [-0.25, -0.2) is 9.18 Å². The van der Waals surface area contributed by atoms with E-state index in [1.54, 1.807) is 13.8 Å². The first kappa shape index (κ1) is 10.5. The fraction of sp³-hybridized carbons (Fsp3) is 0.300. The Morgan fingerprint density at radius 2 is 2.21 bits per heavy atom. The van der Waals surface area contributed by atoms with Crippen molar-refractivity contribution >= 4 is 11.7 Å². The maximum absolute atomic E-state index is 13.3. The van der Waals surface area contributed by atoms with Gasteiger partial charge in [0, 0.05) is 5.69 Å². The highest BCUT2D eigenvalue weighted by Crippen LogP contribution is 2.19. The van der Waals surface area contributed by atoms with Gasteiger partial charge < -0.3 is 10.5 Å². The van der Waals surface area contributed by atoms with E-state index in [1.807, 2.05) is 0 Å². The summed E-state index contributed by atoms with van der Waals surface area (Å²) in [4.78, 5) is 11.3. The summed E-state index contributed by atoms with van der Waals surface area (Å²) in [7, 11) is 0. The Labute approximate surface area is 81.7 Å².